The SMILES string of the molecule is CSC(N)=NCc1cc(F)c(F)cc1F.I. The van der Waals surface area contributed by atoms with E-state index < -0.39 is 17.5 Å². The van der Waals surface area contributed by atoms with Gasteiger partial charge in [0, 0.05) is 11.6 Å². The van der Waals surface area contributed by atoms with Gasteiger partial charge in [0.05, 0.1) is 6.54 Å². The van der Waals surface area contributed by atoms with Crippen LogP contribution in [0.25, 0.3) is 0 Å². The fraction of sp³-hybridized carbons (Fsp3) is 0.222. The molecule has 1 aromatic rings. The smallest absolute Gasteiger partial charge is 0.161 e. The number of benzene rings is 1. The second-order valence-corrected chi connectivity index (χ2v) is 3.54. The summed E-state index contributed by atoms with van der Waals surface area (Å²) in [7, 11) is 0. The molecule has 0 heterocycles. The highest BCUT2D eigenvalue weighted by Gasteiger charge is 2.09. The molecule has 0 aliphatic carbocycles. The number of aliphatic imine (C=N–C) groups is 1. The van der Waals surface area contributed by atoms with E-state index in [1.807, 2.05) is 0 Å². The monoisotopic (exact) mass is 362 g/mol. The Morgan fingerprint density at radius 3 is 2.38 bits per heavy atom. The van der Waals surface area contributed by atoms with Crippen LogP contribution in [0.1, 0.15) is 5.56 Å². The largest absolute Gasteiger partial charge is 0.379 e. The number of hydrogen-bond donors (Lipinski definition) is 1. The zero-order valence-corrected chi connectivity index (χ0v) is 11.5. The summed E-state index contributed by atoms with van der Waals surface area (Å²) in [6.07, 6.45) is 1.71. The molecular weight excluding hydrogens is 352 g/mol. The predicted octanol–water partition coefficient (Wildman–Crippen LogP) is 2.90. The zero-order valence-electron chi connectivity index (χ0n) is 8.34. The van der Waals surface area contributed by atoms with Crippen molar-refractivity contribution in [3.05, 3.63) is 35.1 Å². The van der Waals surface area contributed by atoms with Gasteiger partial charge in [-0.25, -0.2) is 13.2 Å². The van der Waals surface area contributed by atoms with Gasteiger partial charge in [-0.1, -0.05) is 11.8 Å². The van der Waals surface area contributed by atoms with Gasteiger partial charge in [0.15, 0.2) is 16.8 Å². The maximum atomic E-state index is 13.1. The lowest BCUT2D eigenvalue weighted by Crippen LogP contribution is -2.06. The molecule has 0 atom stereocenters. The third-order valence-electron chi connectivity index (χ3n) is 1.70. The average Bonchev–Trinajstić information content (AvgIpc) is 2.21. The topological polar surface area (TPSA) is 38.4 Å². The van der Waals surface area contributed by atoms with Crippen molar-refractivity contribution >= 4 is 40.9 Å². The van der Waals surface area contributed by atoms with Gasteiger partial charge in [0.25, 0.3) is 0 Å². The third kappa shape index (κ3) is 4.20. The summed E-state index contributed by atoms with van der Waals surface area (Å²) >= 11 is 1.19. The lowest BCUT2D eigenvalue weighted by atomic mass is 10.2. The molecule has 0 saturated carbocycles. The molecule has 1 rings (SSSR count). The van der Waals surface area contributed by atoms with Crippen molar-refractivity contribution in [2.75, 3.05) is 6.26 Å². The van der Waals surface area contributed by atoms with Crippen LogP contribution in [0.15, 0.2) is 17.1 Å². The number of rotatable bonds is 2. The summed E-state index contributed by atoms with van der Waals surface area (Å²) in [4.78, 5) is 3.77. The van der Waals surface area contributed by atoms with E-state index in [9.17, 15) is 13.2 Å². The second kappa shape index (κ2) is 7.00. The number of amidine groups is 1. The van der Waals surface area contributed by atoms with E-state index in [1.165, 1.54) is 11.8 Å². The Balaban J connectivity index is 0.00000225. The number of thioether (sulfide) groups is 1. The van der Waals surface area contributed by atoms with E-state index in [-0.39, 0.29) is 41.3 Å². The van der Waals surface area contributed by atoms with E-state index >= 15 is 0 Å². The molecule has 0 spiro atoms. The van der Waals surface area contributed by atoms with Gasteiger partial charge in [-0.15, -0.1) is 24.0 Å². The van der Waals surface area contributed by atoms with Crippen molar-refractivity contribution in [3.63, 3.8) is 0 Å². The summed E-state index contributed by atoms with van der Waals surface area (Å²) in [6, 6.07) is 1.28. The number of halogens is 4. The molecule has 0 radical (unpaired) electrons. The Hall–Kier alpha value is -0.440. The summed E-state index contributed by atoms with van der Waals surface area (Å²) in [6.45, 7) is -0.101. The summed E-state index contributed by atoms with van der Waals surface area (Å²) < 4.78 is 38.3. The van der Waals surface area contributed by atoms with E-state index in [4.69, 9.17) is 5.73 Å². The van der Waals surface area contributed by atoms with Crippen LogP contribution in [0, 0.1) is 17.5 Å². The fourth-order valence-corrected chi connectivity index (χ4v) is 1.11. The molecule has 16 heavy (non-hydrogen) atoms. The first kappa shape index (κ1) is 15.6. The quantitative estimate of drug-likeness (QED) is 0.380. The third-order valence-corrected chi connectivity index (χ3v) is 2.25. The van der Waals surface area contributed by atoms with Gasteiger partial charge >= 0.3 is 0 Å². The molecule has 90 valence electrons. The minimum Gasteiger partial charge on any atom is -0.379 e. The number of nitrogens with zero attached hydrogens (tertiary/aromatic N) is 1. The van der Waals surface area contributed by atoms with Gasteiger partial charge < -0.3 is 5.73 Å². The van der Waals surface area contributed by atoms with Crippen molar-refractivity contribution in [3.8, 4) is 0 Å². The van der Waals surface area contributed by atoms with Gasteiger partial charge in [-0.05, 0) is 12.3 Å². The van der Waals surface area contributed by atoms with Crippen LogP contribution in [0.3, 0.4) is 0 Å². The van der Waals surface area contributed by atoms with Crippen LogP contribution in [-0.2, 0) is 6.54 Å². The van der Waals surface area contributed by atoms with Crippen molar-refractivity contribution in [2.45, 2.75) is 6.54 Å². The lowest BCUT2D eigenvalue weighted by Gasteiger charge is -2.01. The van der Waals surface area contributed by atoms with Crippen molar-refractivity contribution in [1.29, 1.82) is 0 Å². The minimum atomic E-state index is -1.21. The van der Waals surface area contributed by atoms with Crippen LogP contribution in [0.5, 0.6) is 0 Å². The molecular formula is C9H10F3IN2S. The molecule has 7 heteroatoms. The maximum absolute atomic E-state index is 13.1. The van der Waals surface area contributed by atoms with E-state index in [0.29, 0.717) is 6.07 Å². The van der Waals surface area contributed by atoms with Crippen LogP contribution in [0.4, 0.5) is 13.2 Å². The fourth-order valence-electron chi connectivity index (χ4n) is 0.913. The first-order valence-electron chi connectivity index (χ1n) is 4.02. The number of nitrogens with two attached hydrogens (primary N) is 1. The Morgan fingerprint density at radius 1 is 1.25 bits per heavy atom. The average molecular weight is 362 g/mol. The Labute approximate surface area is 113 Å². The molecule has 0 saturated heterocycles. The molecule has 0 amide bonds. The van der Waals surface area contributed by atoms with Crippen LogP contribution < -0.4 is 5.73 Å². The van der Waals surface area contributed by atoms with E-state index in [0.717, 1.165) is 6.07 Å². The van der Waals surface area contributed by atoms with E-state index in [1.54, 1.807) is 6.26 Å². The van der Waals surface area contributed by atoms with Crippen molar-refractivity contribution < 1.29 is 13.2 Å². The minimum absolute atomic E-state index is 0. The maximum Gasteiger partial charge on any atom is 0.161 e. The van der Waals surface area contributed by atoms with Gasteiger partial charge in [-0.3, -0.25) is 4.99 Å². The summed E-state index contributed by atoms with van der Waals surface area (Å²) in [5.41, 5.74) is 5.34. The highest BCUT2D eigenvalue weighted by Crippen LogP contribution is 2.14. The van der Waals surface area contributed by atoms with Gasteiger partial charge in [-0.2, -0.15) is 0 Å². The molecule has 0 fully saturated rings. The Kier molecular flexibility index (Phi) is 6.81. The first-order valence-corrected chi connectivity index (χ1v) is 5.24. The molecule has 0 aromatic heterocycles. The second-order valence-electron chi connectivity index (χ2n) is 2.72. The Morgan fingerprint density at radius 2 is 1.81 bits per heavy atom. The zero-order chi connectivity index (χ0) is 11.4. The highest BCUT2D eigenvalue weighted by atomic mass is 127. The normalized spacial score (nSPS) is 11.1. The predicted molar refractivity (Wildman–Crippen MR) is 70.6 cm³/mol. The lowest BCUT2D eigenvalue weighted by molar-refractivity contribution is 0.490. The first-order chi connectivity index (χ1) is 7.04. The highest BCUT2D eigenvalue weighted by molar-refractivity contribution is 14.0. The number of hydrogen-bond acceptors (Lipinski definition) is 2. The standard InChI is InChI=1S/C9H9F3N2S.HI/c1-15-9(13)14-4-5-2-7(11)8(12)3-6(5)10;/h2-3H,4H2,1H3,(H2,13,14);1H. The molecule has 0 unspecified atom stereocenters. The summed E-state index contributed by atoms with van der Waals surface area (Å²) in [5.74, 6) is -3.13. The Bertz CT molecular complexity index is 399. The van der Waals surface area contributed by atoms with Gasteiger partial charge in [0.2, 0.25) is 0 Å². The summed E-state index contributed by atoms with van der Waals surface area (Å²) in [5, 5.41) is 0.263. The van der Waals surface area contributed by atoms with Gasteiger partial charge in [0.1, 0.15) is 5.82 Å². The molecule has 1 aromatic carbocycles. The molecule has 2 nitrogen and oxygen atoms in total. The van der Waals surface area contributed by atoms with Crippen LogP contribution >= 0.6 is 35.7 Å². The van der Waals surface area contributed by atoms with E-state index in [2.05, 4.69) is 4.99 Å². The van der Waals surface area contributed by atoms with Crippen molar-refractivity contribution in [2.24, 2.45) is 10.7 Å². The van der Waals surface area contributed by atoms with Crippen LogP contribution in [-0.4, -0.2) is 11.4 Å². The van der Waals surface area contributed by atoms with Crippen molar-refractivity contribution in [1.82, 2.24) is 0 Å². The molecule has 0 aliphatic rings. The van der Waals surface area contributed by atoms with Crippen LogP contribution in [0.2, 0.25) is 0 Å². The molecule has 0 bridgehead atoms. The molecule has 0 aliphatic heterocycles. The molecule has 2 N–H and O–H groups in total.